The van der Waals surface area contributed by atoms with Crippen molar-refractivity contribution in [2.75, 3.05) is 0 Å². The number of amidine groups is 1. The quantitative estimate of drug-likeness (QED) is 0.392. The third kappa shape index (κ3) is 2.87. The van der Waals surface area contributed by atoms with Crippen LogP contribution in [0.25, 0.3) is 0 Å². The highest BCUT2D eigenvalue weighted by molar-refractivity contribution is 8.01. The topological polar surface area (TPSA) is 84.4 Å². The van der Waals surface area contributed by atoms with Crippen molar-refractivity contribution in [2.24, 2.45) is 10.9 Å². The molecule has 0 bridgehead atoms. The monoisotopic (exact) mass is 286 g/mol. The van der Waals surface area contributed by atoms with Gasteiger partial charge in [-0.25, -0.2) is 4.98 Å². The van der Waals surface area contributed by atoms with Crippen LogP contribution in [0.5, 0.6) is 0 Å². The molecular formula is C9H7ClN4OS2. The highest BCUT2D eigenvalue weighted by Gasteiger charge is 2.11. The van der Waals surface area contributed by atoms with Gasteiger partial charge in [-0.3, -0.25) is 0 Å². The molecular weight excluding hydrogens is 280 g/mol. The van der Waals surface area contributed by atoms with Gasteiger partial charge in [0.05, 0.1) is 0 Å². The summed E-state index contributed by atoms with van der Waals surface area (Å²) < 4.78 is 4.68. The van der Waals surface area contributed by atoms with Gasteiger partial charge in [0, 0.05) is 15.5 Å². The summed E-state index contributed by atoms with van der Waals surface area (Å²) in [5, 5.41) is 12.2. The van der Waals surface area contributed by atoms with Gasteiger partial charge < -0.3 is 10.9 Å². The van der Waals surface area contributed by atoms with Crippen molar-refractivity contribution in [3.63, 3.8) is 0 Å². The molecule has 0 amide bonds. The van der Waals surface area contributed by atoms with Gasteiger partial charge in [-0.05, 0) is 29.7 Å². The summed E-state index contributed by atoms with van der Waals surface area (Å²) in [7, 11) is 0. The number of hydrogen-bond donors (Lipinski definition) is 2. The Labute approximate surface area is 110 Å². The van der Waals surface area contributed by atoms with Crippen molar-refractivity contribution in [3.8, 4) is 0 Å². The Bertz CT molecular complexity index is 544. The van der Waals surface area contributed by atoms with E-state index >= 15 is 0 Å². The standard InChI is InChI=1S/C9H7ClN4OS2/c10-5-1-2-7(6(3-5)8(11)14-15)16-9-12-4-13-17-9/h1-4,15H,(H2,11,14). The van der Waals surface area contributed by atoms with E-state index in [0.717, 1.165) is 9.24 Å². The first-order valence-corrected chi connectivity index (χ1v) is 6.39. The molecule has 1 heterocycles. The molecule has 0 radical (unpaired) electrons. The second-order valence-corrected chi connectivity index (χ2v) is 5.44. The third-order valence-electron chi connectivity index (χ3n) is 1.86. The van der Waals surface area contributed by atoms with Crippen LogP contribution < -0.4 is 5.73 Å². The van der Waals surface area contributed by atoms with Gasteiger partial charge in [0.2, 0.25) is 0 Å². The van der Waals surface area contributed by atoms with Gasteiger partial charge in [0.15, 0.2) is 10.2 Å². The maximum absolute atomic E-state index is 8.71. The Morgan fingerprint density at radius 2 is 2.35 bits per heavy atom. The van der Waals surface area contributed by atoms with Crippen LogP contribution in [0.2, 0.25) is 5.02 Å². The molecule has 1 aromatic carbocycles. The summed E-state index contributed by atoms with van der Waals surface area (Å²) >= 11 is 8.54. The van der Waals surface area contributed by atoms with Crippen molar-refractivity contribution in [1.29, 1.82) is 0 Å². The van der Waals surface area contributed by atoms with Crippen molar-refractivity contribution in [3.05, 3.63) is 35.1 Å². The lowest BCUT2D eigenvalue weighted by atomic mass is 10.2. The highest BCUT2D eigenvalue weighted by Crippen LogP contribution is 2.32. The van der Waals surface area contributed by atoms with Crippen LogP contribution in [0.3, 0.4) is 0 Å². The Kier molecular flexibility index (Phi) is 3.82. The fraction of sp³-hybridized carbons (Fsp3) is 0. The molecule has 5 nitrogen and oxygen atoms in total. The van der Waals surface area contributed by atoms with Gasteiger partial charge in [-0.15, -0.1) is 0 Å². The first-order chi connectivity index (χ1) is 8.20. The van der Waals surface area contributed by atoms with Crippen molar-refractivity contribution in [1.82, 2.24) is 9.36 Å². The molecule has 3 N–H and O–H groups in total. The Balaban J connectivity index is 2.39. The Morgan fingerprint density at radius 3 is 3.00 bits per heavy atom. The second-order valence-electron chi connectivity index (χ2n) is 2.93. The van der Waals surface area contributed by atoms with E-state index in [1.807, 2.05) is 0 Å². The summed E-state index contributed by atoms with van der Waals surface area (Å²) in [6, 6.07) is 5.17. The first kappa shape index (κ1) is 12.2. The molecule has 88 valence electrons. The summed E-state index contributed by atoms with van der Waals surface area (Å²) in [4.78, 5) is 4.86. The number of oxime groups is 1. The minimum absolute atomic E-state index is 0.0134. The number of nitrogens with two attached hydrogens (primary N) is 1. The zero-order valence-corrected chi connectivity index (χ0v) is 10.8. The average molecular weight is 287 g/mol. The van der Waals surface area contributed by atoms with E-state index < -0.39 is 0 Å². The largest absolute Gasteiger partial charge is 0.409 e. The van der Waals surface area contributed by atoms with E-state index in [0.29, 0.717) is 10.6 Å². The molecule has 8 heteroatoms. The van der Waals surface area contributed by atoms with Gasteiger partial charge in [0.1, 0.15) is 6.33 Å². The molecule has 0 fully saturated rings. The van der Waals surface area contributed by atoms with Crippen molar-refractivity contribution in [2.45, 2.75) is 9.24 Å². The predicted octanol–water partition coefficient (Wildman–Crippen LogP) is 2.44. The van der Waals surface area contributed by atoms with Crippen LogP contribution in [0.4, 0.5) is 0 Å². The van der Waals surface area contributed by atoms with Crippen LogP contribution in [0.15, 0.2) is 38.9 Å². The van der Waals surface area contributed by atoms with Gasteiger partial charge in [-0.2, -0.15) is 4.37 Å². The van der Waals surface area contributed by atoms with Crippen LogP contribution in [-0.2, 0) is 0 Å². The Morgan fingerprint density at radius 1 is 1.53 bits per heavy atom. The molecule has 0 aliphatic heterocycles. The minimum Gasteiger partial charge on any atom is -0.409 e. The number of rotatable bonds is 3. The highest BCUT2D eigenvalue weighted by atomic mass is 35.5. The van der Waals surface area contributed by atoms with E-state index in [-0.39, 0.29) is 5.84 Å². The molecule has 17 heavy (non-hydrogen) atoms. The molecule has 0 saturated carbocycles. The lowest BCUT2D eigenvalue weighted by molar-refractivity contribution is 0.318. The van der Waals surface area contributed by atoms with E-state index in [1.165, 1.54) is 29.6 Å². The van der Waals surface area contributed by atoms with Gasteiger partial charge >= 0.3 is 0 Å². The van der Waals surface area contributed by atoms with Crippen LogP contribution in [0, 0.1) is 0 Å². The molecule has 1 aromatic heterocycles. The van der Waals surface area contributed by atoms with Crippen LogP contribution >= 0.6 is 34.9 Å². The van der Waals surface area contributed by atoms with Gasteiger partial charge in [0.25, 0.3) is 0 Å². The average Bonchev–Trinajstić information content (AvgIpc) is 2.83. The summed E-state index contributed by atoms with van der Waals surface area (Å²) in [5.74, 6) is 0.0134. The maximum Gasteiger partial charge on any atom is 0.174 e. The summed E-state index contributed by atoms with van der Waals surface area (Å²) in [6.07, 6.45) is 1.48. The SMILES string of the molecule is NC(=NO)c1cc(Cl)ccc1Sc1ncns1. The Hall–Kier alpha value is -1.31. The number of benzene rings is 1. The summed E-state index contributed by atoms with van der Waals surface area (Å²) in [5.41, 5.74) is 6.16. The predicted molar refractivity (Wildman–Crippen MR) is 68.0 cm³/mol. The molecule has 0 unspecified atom stereocenters. The van der Waals surface area contributed by atoms with Crippen molar-refractivity contribution < 1.29 is 5.21 Å². The lowest BCUT2D eigenvalue weighted by Crippen LogP contribution is -2.14. The molecule has 0 atom stereocenters. The fourth-order valence-corrected chi connectivity index (χ4v) is 2.84. The smallest absolute Gasteiger partial charge is 0.174 e. The van der Waals surface area contributed by atoms with E-state index in [1.54, 1.807) is 18.2 Å². The molecule has 0 saturated heterocycles. The summed E-state index contributed by atoms with van der Waals surface area (Å²) in [6.45, 7) is 0. The fourth-order valence-electron chi connectivity index (χ4n) is 1.15. The van der Waals surface area contributed by atoms with E-state index in [2.05, 4.69) is 14.5 Å². The van der Waals surface area contributed by atoms with Crippen molar-refractivity contribution >= 4 is 40.7 Å². The second kappa shape index (κ2) is 5.35. The number of hydrogen-bond acceptors (Lipinski definition) is 6. The van der Waals surface area contributed by atoms with E-state index in [4.69, 9.17) is 22.5 Å². The minimum atomic E-state index is 0.0134. The lowest BCUT2D eigenvalue weighted by Gasteiger charge is -2.06. The molecule has 0 aliphatic rings. The normalized spacial score (nSPS) is 11.7. The molecule has 0 spiro atoms. The zero-order valence-electron chi connectivity index (χ0n) is 8.37. The number of nitrogens with zero attached hydrogens (tertiary/aromatic N) is 3. The molecule has 2 aromatic rings. The van der Waals surface area contributed by atoms with E-state index in [9.17, 15) is 0 Å². The first-order valence-electron chi connectivity index (χ1n) is 4.42. The number of halogens is 1. The zero-order chi connectivity index (χ0) is 12.3. The van der Waals surface area contributed by atoms with Crippen LogP contribution in [0.1, 0.15) is 5.56 Å². The number of aromatic nitrogens is 2. The van der Waals surface area contributed by atoms with Crippen LogP contribution in [-0.4, -0.2) is 20.4 Å². The maximum atomic E-state index is 8.71. The molecule has 2 rings (SSSR count). The third-order valence-corrected chi connectivity index (χ3v) is 3.89. The van der Waals surface area contributed by atoms with Gasteiger partial charge in [-0.1, -0.05) is 28.5 Å². The molecule has 0 aliphatic carbocycles.